The Labute approximate surface area is 103 Å². The molecule has 0 atom stereocenters. The van der Waals surface area contributed by atoms with E-state index in [0.29, 0.717) is 6.54 Å². The highest BCUT2D eigenvalue weighted by atomic mass is 16.2. The van der Waals surface area contributed by atoms with Crippen LogP contribution >= 0.6 is 0 Å². The van der Waals surface area contributed by atoms with E-state index in [1.54, 1.807) is 4.90 Å². The van der Waals surface area contributed by atoms with Crippen molar-refractivity contribution in [3.05, 3.63) is 29.3 Å². The quantitative estimate of drug-likeness (QED) is 0.785. The van der Waals surface area contributed by atoms with Gasteiger partial charge in [-0.3, -0.25) is 0 Å². The second-order valence-corrected chi connectivity index (χ2v) is 3.96. The summed E-state index contributed by atoms with van der Waals surface area (Å²) in [5.41, 5.74) is 8.67. The molecule has 17 heavy (non-hydrogen) atoms. The number of nitrogens with two attached hydrogens (primary N) is 1. The van der Waals surface area contributed by atoms with Crippen LogP contribution in [0.25, 0.3) is 0 Å². The molecule has 94 valence electrons. The number of urea groups is 1. The molecule has 3 N–H and O–H groups in total. The summed E-state index contributed by atoms with van der Waals surface area (Å²) in [5, 5.41) is 2.90. The molecular formula is C13H21N3O. The molecule has 0 fully saturated rings. The van der Waals surface area contributed by atoms with Gasteiger partial charge >= 0.3 is 6.03 Å². The Morgan fingerprint density at radius 1 is 1.35 bits per heavy atom. The van der Waals surface area contributed by atoms with Crippen LogP contribution in [-0.4, -0.2) is 24.0 Å². The highest BCUT2D eigenvalue weighted by Gasteiger charge is 2.09. The van der Waals surface area contributed by atoms with E-state index in [4.69, 9.17) is 5.73 Å². The molecule has 0 saturated heterocycles. The first-order valence-electron chi connectivity index (χ1n) is 5.96. The van der Waals surface area contributed by atoms with Gasteiger partial charge in [0.1, 0.15) is 0 Å². The molecule has 4 nitrogen and oxygen atoms in total. The molecule has 0 radical (unpaired) electrons. The monoisotopic (exact) mass is 235 g/mol. The van der Waals surface area contributed by atoms with E-state index in [9.17, 15) is 4.79 Å². The van der Waals surface area contributed by atoms with E-state index in [2.05, 4.69) is 5.32 Å². The number of hydrogen-bond acceptors (Lipinski definition) is 2. The van der Waals surface area contributed by atoms with Crippen molar-refractivity contribution in [1.82, 2.24) is 10.2 Å². The summed E-state index contributed by atoms with van der Waals surface area (Å²) >= 11 is 0. The first kappa shape index (κ1) is 13.4. The first-order chi connectivity index (χ1) is 8.10. The molecule has 0 unspecified atom stereocenters. The molecule has 0 aliphatic rings. The fourth-order valence-electron chi connectivity index (χ4n) is 1.69. The highest BCUT2D eigenvalue weighted by molar-refractivity contribution is 5.74. The maximum absolute atomic E-state index is 11.8. The van der Waals surface area contributed by atoms with Gasteiger partial charge in [0.25, 0.3) is 0 Å². The average molecular weight is 235 g/mol. The minimum Gasteiger partial charge on any atom is -0.399 e. The van der Waals surface area contributed by atoms with Crippen LogP contribution in [0.5, 0.6) is 0 Å². The SMILES string of the molecule is CCN(CC)C(=O)NCc1cccc(N)c1C. The smallest absolute Gasteiger partial charge is 0.317 e. The summed E-state index contributed by atoms with van der Waals surface area (Å²) in [4.78, 5) is 13.5. The van der Waals surface area contributed by atoms with E-state index in [1.165, 1.54) is 0 Å². The Hall–Kier alpha value is -1.71. The standard InChI is InChI=1S/C13H21N3O/c1-4-16(5-2)13(17)15-9-11-7-6-8-12(14)10(11)3/h6-8H,4-5,9,14H2,1-3H3,(H,15,17). The molecule has 0 saturated carbocycles. The fourth-order valence-corrected chi connectivity index (χ4v) is 1.69. The van der Waals surface area contributed by atoms with Gasteiger partial charge < -0.3 is 16.0 Å². The molecule has 0 spiro atoms. The number of amides is 2. The molecule has 1 rings (SSSR count). The number of nitrogens with one attached hydrogen (secondary N) is 1. The van der Waals surface area contributed by atoms with Gasteiger partial charge in [0, 0.05) is 25.3 Å². The lowest BCUT2D eigenvalue weighted by Crippen LogP contribution is -2.39. The molecule has 1 aromatic carbocycles. The molecule has 2 amide bonds. The van der Waals surface area contributed by atoms with Crippen molar-refractivity contribution < 1.29 is 4.79 Å². The predicted molar refractivity (Wildman–Crippen MR) is 70.7 cm³/mol. The van der Waals surface area contributed by atoms with Crippen LogP contribution in [0, 0.1) is 6.92 Å². The third-order valence-electron chi connectivity index (χ3n) is 2.97. The molecular weight excluding hydrogens is 214 g/mol. The molecule has 0 aliphatic heterocycles. The summed E-state index contributed by atoms with van der Waals surface area (Å²) in [5.74, 6) is 0. The second kappa shape index (κ2) is 6.13. The first-order valence-corrected chi connectivity index (χ1v) is 5.96. The number of rotatable bonds is 4. The number of nitrogen functional groups attached to an aromatic ring is 1. The Morgan fingerprint density at radius 2 is 2.00 bits per heavy atom. The van der Waals surface area contributed by atoms with Gasteiger partial charge in [-0.15, -0.1) is 0 Å². The Morgan fingerprint density at radius 3 is 2.59 bits per heavy atom. The minimum absolute atomic E-state index is 0.0307. The van der Waals surface area contributed by atoms with Gasteiger partial charge in [-0.05, 0) is 38.0 Å². The summed E-state index contributed by atoms with van der Waals surface area (Å²) in [7, 11) is 0. The molecule has 0 aliphatic carbocycles. The van der Waals surface area contributed by atoms with Crippen molar-refractivity contribution in [3.8, 4) is 0 Å². The van der Waals surface area contributed by atoms with Gasteiger partial charge in [0.05, 0.1) is 0 Å². The molecule has 4 heteroatoms. The van der Waals surface area contributed by atoms with E-state index in [1.807, 2.05) is 39.0 Å². The zero-order valence-electron chi connectivity index (χ0n) is 10.8. The molecule has 0 bridgehead atoms. The second-order valence-electron chi connectivity index (χ2n) is 3.96. The van der Waals surface area contributed by atoms with Crippen molar-refractivity contribution in [2.24, 2.45) is 0 Å². The van der Waals surface area contributed by atoms with E-state index >= 15 is 0 Å². The zero-order chi connectivity index (χ0) is 12.8. The van der Waals surface area contributed by atoms with Crippen molar-refractivity contribution in [2.75, 3.05) is 18.8 Å². The number of benzene rings is 1. The van der Waals surface area contributed by atoms with Crippen molar-refractivity contribution in [2.45, 2.75) is 27.3 Å². The summed E-state index contributed by atoms with van der Waals surface area (Å²) in [6.45, 7) is 7.86. The Bertz CT molecular complexity index is 386. The van der Waals surface area contributed by atoms with Crippen LogP contribution in [0.1, 0.15) is 25.0 Å². The van der Waals surface area contributed by atoms with Crippen LogP contribution in [0.4, 0.5) is 10.5 Å². The fraction of sp³-hybridized carbons (Fsp3) is 0.462. The third kappa shape index (κ3) is 3.37. The highest BCUT2D eigenvalue weighted by Crippen LogP contribution is 2.15. The van der Waals surface area contributed by atoms with Crippen LogP contribution in [0.15, 0.2) is 18.2 Å². The zero-order valence-corrected chi connectivity index (χ0v) is 10.8. The van der Waals surface area contributed by atoms with Gasteiger partial charge in [-0.25, -0.2) is 4.79 Å². The summed E-state index contributed by atoms with van der Waals surface area (Å²) < 4.78 is 0. The van der Waals surface area contributed by atoms with Crippen LogP contribution in [0.3, 0.4) is 0 Å². The maximum atomic E-state index is 11.8. The van der Waals surface area contributed by atoms with Gasteiger partial charge in [0.15, 0.2) is 0 Å². The number of nitrogens with zero attached hydrogens (tertiary/aromatic N) is 1. The molecule has 0 heterocycles. The van der Waals surface area contributed by atoms with Gasteiger partial charge in [-0.1, -0.05) is 12.1 Å². The molecule has 0 aromatic heterocycles. The van der Waals surface area contributed by atoms with Crippen molar-refractivity contribution in [3.63, 3.8) is 0 Å². The van der Waals surface area contributed by atoms with Crippen LogP contribution < -0.4 is 11.1 Å². The van der Waals surface area contributed by atoms with Crippen molar-refractivity contribution in [1.29, 1.82) is 0 Å². The summed E-state index contributed by atoms with van der Waals surface area (Å²) in [6.07, 6.45) is 0. The number of carbonyl (C=O) groups excluding carboxylic acids is 1. The lowest BCUT2D eigenvalue weighted by Gasteiger charge is -2.19. The predicted octanol–water partition coefficient (Wildman–Crippen LogP) is 2.13. The lowest BCUT2D eigenvalue weighted by molar-refractivity contribution is 0.203. The van der Waals surface area contributed by atoms with E-state index in [0.717, 1.165) is 29.9 Å². The molecule has 1 aromatic rings. The number of anilines is 1. The van der Waals surface area contributed by atoms with E-state index < -0.39 is 0 Å². The Kier molecular flexibility index (Phi) is 4.82. The Balaban J connectivity index is 2.61. The number of carbonyl (C=O) groups is 1. The third-order valence-corrected chi connectivity index (χ3v) is 2.97. The lowest BCUT2D eigenvalue weighted by atomic mass is 10.1. The largest absolute Gasteiger partial charge is 0.399 e. The van der Waals surface area contributed by atoms with Crippen molar-refractivity contribution >= 4 is 11.7 Å². The topological polar surface area (TPSA) is 58.4 Å². The van der Waals surface area contributed by atoms with E-state index in [-0.39, 0.29) is 6.03 Å². The van der Waals surface area contributed by atoms with Gasteiger partial charge in [-0.2, -0.15) is 0 Å². The average Bonchev–Trinajstić information content (AvgIpc) is 2.32. The van der Waals surface area contributed by atoms with Crippen LogP contribution in [0.2, 0.25) is 0 Å². The number of hydrogen-bond donors (Lipinski definition) is 2. The minimum atomic E-state index is -0.0307. The normalized spacial score (nSPS) is 10.1. The summed E-state index contributed by atoms with van der Waals surface area (Å²) in [6, 6.07) is 5.72. The van der Waals surface area contributed by atoms with Gasteiger partial charge in [0.2, 0.25) is 0 Å². The van der Waals surface area contributed by atoms with Crippen LogP contribution in [-0.2, 0) is 6.54 Å². The maximum Gasteiger partial charge on any atom is 0.317 e.